The van der Waals surface area contributed by atoms with Crippen molar-refractivity contribution in [2.24, 2.45) is 0 Å². The summed E-state index contributed by atoms with van der Waals surface area (Å²) in [5.74, 6) is 0.779. The first-order chi connectivity index (χ1) is 8.71. The predicted molar refractivity (Wildman–Crippen MR) is 78.4 cm³/mol. The Morgan fingerprint density at radius 2 is 1.78 bits per heavy atom. The van der Waals surface area contributed by atoms with Crippen LogP contribution in [0.25, 0.3) is 10.9 Å². The quantitative estimate of drug-likeness (QED) is 0.894. The molecular formula is C15H23NO2. The number of hydrogen-bond donors (Lipinski definition) is 1. The van der Waals surface area contributed by atoms with E-state index in [1.807, 2.05) is 25.1 Å². The van der Waals surface area contributed by atoms with Crippen LogP contribution in [-0.2, 0) is 0 Å². The fourth-order valence-electron chi connectivity index (χ4n) is 1.39. The van der Waals surface area contributed by atoms with Gasteiger partial charge in [-0.3, -0.25) is 4.79 Å². The van der Waals surface area contributed by atoms with Gasteiger partial charge >= 0.3 is 0 Å². The number of ether oxygens (including phenoxy) is 1. The third kappa shape index (κ3) is 4.24. The molecule has 1 aromatic carbocycles. The van der Waals surface area contributed by atoms with Crippen LogP contribution in [0.2, 0.25) is 0 Å². The second-order valence-electron chi connectivity index (χ2n) is 4.00. The fraction of sp³-hybridized carbons (Fsp3) is 0.400. The first-order valence-corrected chi connectivity index (χ1v) is 6.47. The zero-order valence-corrected chi connectivity index (χ0v) is 11.3. The van der Waals surface area contributed by atoms with Gasteiger partial charge in [0.15, 0.2) is 0 Å². The molecule has 0 amide bonds. The van der Waals surface area contributed by atoms with Crippen LogP contribution < -0.4 is 10.3 Å². The predicted octanol–water partition coefficient (Wildman–Crippen LogP) is 3.98. The zero-order chi connectivity index (χ0) is 13.4. The van der Waals surface area contributed by atoms with Crippen LogP contribution in [0.15, 0.2) is 35.1 Å². The molecule has 0 bridgehead atoms. The lowest BCUT2D eigenvalue weighted by Gasteiger charge is -2.03. The lowest BCUT2D eigenvalue weighted by atomic mass is 10.2. The molecule has 3 nitrogen and oxygen atoms in total. The second-order valence-corrected chi connectivity index (χ2v) is 4.00. The van der Waals surface area contributed by atoms with Crippen LogP contribution in [0.5, 0.6) is 5.75 Å². The Bertz CT molecular complexity index is 535. The van der Waals surface area contributed by atoms with E-state index in [4.69, 9.17) is 4.74 Å². The van der Waals surface area contributed by atoms with E-state index in [2.05, 4.69) is 18.8 Å². The Balaban J connectivity index is 0.000000576. The number of H-pyrrole nitrogens is 1. The first-order valence-electron chi connectivity index (χ1n) is 6.47. The van der Waals surface area contributed by atoms with E-state index >= 15 is 0 Å². The third-order valence-electron chi connectivity index (χ3n) is 2.51. The summed E-state index contributed by atoms with van der Waals surface area (Å²) in [7, 11) is 0. The van der Waals surface area contributed by atoms with E-state index < -0.39 is 0 Å². The molecule has 0 aliphatic rings. The highest BCUT2D eigenvalue weighted by atomic mass is 16.5. The number of aromatic amines is 1. The highest BCUT2D eigenvalue weighted by Gasteiger charge is 1.96. The Labute approximate surface area is 109 Å². The highest BCUT2D eigenvalue weighted by Crippen LogP contribution is 2.17. The molecule has 1 heterocycles. The summed E-state index contributed by atoms with van der Waals surface area (Å²) in [6.07, 6.45) is 2.64. The molecule has 0 fully saturated rings. The van der Waals surface area contributed by atoms with Crippen LogP contribution in [-0.4, -0.2) is 11.6 Å². The Morgan fingerprint density at radius 3 is 2.39 bits per heavy atom. The zero-order valence-electron chi connectivity index (χ0n) is 11.3. The van der Waals surface area contributed by atoms with Gasteiger partial charge in [0.2, 0.25) is 5.56 Å². The summed E-state index contributed by atoms with van der Waals surface area (Å²) in [5, 5.41) is 1.01. The molecule has 0 atom stereocenters. The molecule has 0 aliphatic heterocycles. The number of hydrogen-bond acceptors (Lipinski definition) is 2. The Morgan fingerprint density at radius 1 is 1.11 bits per heavy atom. The number of aromatic nitrogens is 1. The maximum atomic E-state index is 11.1. The largest absolute Gasteiger partial charge is 0.494 e. The van der Waals surface area contributed by atoms with Gasteiger partial charge in [0, 0.05) is 13.6 Å². The minimum atomic E-state index is -0.0915. The summed E-state index contributed by atoms with van der Waals surface area (Å²) >= 11 is 0. The van der Waals surface area contributed by atoms with Crippen molar-refractivity contribution in [1.29, 1.82) is 0 Å². The molecule has 0 spiro atoms. The molecule has 1 N–H and O–H groups in total. The molecule has 100 valence electrons. The molecule has 18 heavy (non-hydrogen) atoms. The van der Waals surface area contributed by atoms with Crippen LogP contribution in [0.4, 0.5) is 0 Å². The molecule has 0 aliphatic carbocycles. The molecular weight excluding hydrogens is 226 g/mol. The van der Waals surface area contributed by atoms with E-state index in [0.29, 0.717) is 6.61 Å². The van der Waals surface area contributed by atoms with E-state index in [-0.39, 0.29) is 6.99 Å². The van der Waals surface area contributed by atoms with Gasteiger partial charge in [-0.05, 0) is 30.5 Å². The Hall–Kier alpha value is -1.77. The normalized spacial score (nSPS) is 9.72. The van der Waals surface area contributed by atoms with Gasteiger partial charge in [0.25, 0.3) is 0 Å². The van der Waals surface area contributed by atoms with Gasteiger partial charge in [-0.15, -0.1) is 0 Å². The Kier molecular flexibility index (Phi) is 5.98. The topological polar surface area (TPSA) is 42.1 Å². The maximum Gasteiger partial charge on any atom is 0.248 e. The lowest BCUT2D eigenvalue weighted by molar-refractivity contribution is 0.340. The van der Waals surface area contributed by atoms with Gasteiger partial charge in [-0.25, -0.2) is 0 Å². The van der Waals surface area contributed by atoms with Gasteiger partial charge in [-0.1, -0.05) is 26.7 Å². The maximum absolute atomic E-state index is 11.1. The van der Waals surface area contributed by atoms with Crippen LogP contribution in [0, 0.1) is 0 Å². The van der Waals surface area contributed by atoms with Crippen molar-refractivity contribution < 1.29 is 6.16 Å². The van der Waals surface area contributed by atoms with E-state index in [9.17, 15) is 4.79 Å². The smallest absolute Gasteiger partial charge is 0.248 e. The van der Waals surface area contributed by atoms with E-state index in [1.54, 1.807) is 6.07 Å². The van der Waals surface area contributed by atoms with Gasteiger partial charge < -0.3 is 9.72 Å². The number of nitrogens with one attached hydrogen (secondary N) is 1. The standard InChI is InChI=1S/C11H11NO2.C4H10.H2/c1-2-14-9-5-3-8-4-6-11(13)12-10(8)7-9;1-3-4-2;/h3-7H,2H2,1H3,(H,12,13);3-4H2,1-2H3;1H. The molecule has 2 aromatic rings. The number of rotatable bonds is 3. The number of pyridine rings is 1. The SMILES string of the molecule is CCCC.CCOc1ccc2ccc(=O)[nH]c2c1.[HH]. The van der Waals surface area contributed by atoms with Gasteiger partial charge in [0.05, 0.1) is 12.1 Å². The first kappa shape index (κ1) is 14.3. The van der Waals surface area contributed by atoms with E-state index in [1.165, 1.54) is 18.9 Å². The van der Waals surface area contributed by atoms with Crippen molar-refractivity contribution in [2.45, 2.75) is 33.6 Å². The third-order valence-corrected chi connectivity index (χ3v) is 2.51. The summed E-state index contributed by atoms with van der Waals surface area (Å²) in [4.78, 5) is 13.8. The van der Waals surface area contributed by atoms with Crippen LogP contribution >= 0.6 is 0 Å². The number of fused-ring (bicyclic) bond motifs is 1. The molecule has 0 radical (unpaired) electrons. The number of benzene rings is 1. The summed E-state index contributed by atoms with van der Waals surface area (Å²) in [6, 6.07) is 8.97. The van der Waals surface area contributed by atoms with Crippen LogP contribution in [0.1, 0.15) is 35.0 Å². The van der Waals surface area contributed by atoms with Crippen molar-refractivity contribution in [3.05, 3.63) is 40.7 Å². The van der Waals surface area contributed by atoms with Crippen molar-refractivity contribution in [2.75, 3.05) is 6.61 Å². The average Bonchev–Trinajstić information content (AvgIpc) is 2.39. The minimum Gasteiger partial charge on any atom is -0.494 e. The second kappa shape index (κ2) is 7.54. The molecule has 0 saturated heterocycles. The summed E-state index contributed by atoms with van der Waals surface area (Å²) in [6.45, 7) is 6.92. The molecule has 3 heteroatoms. The average molecular weight is 249 g/mol. The molecule has 2 rings (SSSR count). The fourth-order valence-corrected chi connectivity index (χ4v) is 1.39. The van der Waals surface area contributed by atoms with Crippen molar-refractivity contribution >= 4 is 10.9 Å². The lowest BCUT2D eigenvalue weighted by Crippen LogP contribution is -2.02. The summed E-state index contributed by atoms with van der Waals surface area (Å²) < 4.78 is 5.33. The summed E-state index contributed by atoms with van der Waals surface area (Å²) in [5.41, 5.74) is 0.717. The monoisotopic (exact) mass is 249 g/mol. The van der Waals surface area contributed by atoms with Gasteiger partial charge in [0.1, 0.15) is 5.75 Å². The van der Waals surface area contributed by atoms with Crippen LogP contribution in [0.3, 0.4) is 0 Å². The number of unbranched alkanes of at least 4 members (excludes halogenated alkanes) is 1. The molecule has 1 aromatic heterocycles. The van der Waals surface area contributed by atoms with Crippen molar-refractivity contribution in [1.82, 2.24) is 4.98 Å². The van der Waals surface area contributed by atoms with Crippen molar-refractivity contribution in [3.8, 4) is 5.75 Å². The minimum absolute atomic E-state index is 0. The van der Waals surface area contributed by atoms with E-state index in [0.717, 1.165) is 16.7 Å². The molecule has 0 saturated carbocycles. The molecule has 0 unspecified atom stereocenters. The van der Waals surface area contributed by atoms with Crippen molar-refractivity contribution in [3.63, 3.8) is 0 Å². The highest BCUT2D eigenvalue weighted by molar-refractivity contribution is 5.79. The van der Waals surface area contributed by atoms with Gasteiger partial charge in [-0.2, -0.15) is 0 Å².